The van der Waals surface area contributed by atoms with E-state index in [1.54, 1.807) is 0 Å². The number of halogens is 2. The Balaban J connectivity index is 2.14. The number of H-pyrrole nitrogens is 1. The molecule has 2 aromatic carbocycles. The molecule has 0 aliphatic heterocycles. The number of benzene rings is 2. The summed E-state index contributed by atoms with van der Waals surface area (Å²) in [6.07, 6.45) is 0. The van der Waals surface area contributed by atoms with Crippen LogP contribution >= 0.6 is 0 Å². The Morgan fingerprint density at radius 2 is 1.95 bits per heavy atom. The number of anilines is 1. The maximum absolute atomic E-state index is 13.8. The van der Waals surface area contributed by atoms with E-state index in [2.05, 4.69) is 4.98 Å². The van der Waals surface area contributed by atoms with Crippen LogP contribution in [0.15, 0.2) is 39.5 Å². The Morgan fingerprint density at radius 3 is 2.71 bits per heavy atom. The Bertz CT molecular complexity index is 928. The summed E-state index contributed by atoms with van der Waals surface area (Å²) < 4.78 is 31.9. The van der Waals surface area contributed by atoms with Crippen LogP contribution in [-0.4, -0.2) is 10.8 Å². The highest BCUT2D eigenvalue weighted by molar-refractivity contribution is 6.10. The van der Waals surface area contributed by atoms with E-state index in [1.165, 1.54) is 18.2 Å². The molecule has 7 heteroatoms. The fourth-order valence-corrected chi connectivity index (χ4v) is 2.02. The molecule has 3 aromatic rings. The number of fused-ring (bicyclic) bond motifs is 1. The molecule has 106 valence electrons. The second kappa shape index (κ2) is 4.55. The number of nitrogen functional groups attached to an aromatic ring is 1. The second-order valence-electron chi connectivity index (χ2n) is 4.41. The van der Waals surface area contributed by atoms with Crippen molar-refractivity contribution in [3.05, 3.63) is 63.6 Å². The van der Waals surface area contributed by atoms with Gasteiger partial charge < -0.3 is 10.2 Å². The molecule has 21 heavy (non-hydrogen) atoms. The van der Waals surface area contributed by atoms with Gasteiger partial charge in [-0.15, -0.1) is 0 Å². The van der Waals surface area contributed by atoms with Gasteiger partial charge in [-0.25, -0.2) is 13.6 Å². The number of ketones is 1. The molecular weight excluding hydrogens is 282 g/mol. The smallest absolute Gasteiger partial charge is 0.408 e. The van der Waals surface area contributed by atoms with Gasteiger partial charge in [0.15, 0.2) is 17.2 Å². The Hall–Kier alpha value is -2.96. The lowest BCUT2D eigenvalue weighted by Gasteiger charge is -2.05. The fourth-order valence-electron chi connectivity index (χ4n) is 2.02. The third-order valence-electron chi connectivity index (χ3n) is 2.99. The van der Waals surface area contributed by atoms with Crippen molar-refractivity contribution in [3.63, 3.8) is 0 Å². The van der Waals surface area contributed by atoms with Crippen molar-refractivity contribution in [1.29, 1.82) is 0 Å². The number of hydrogen-bond donors (Lipinski definition) is 2. The predicted octanol–water partition coefficient (Wildman–Crippen LogP) is 2.21. The third-order valence-corrected chi connectivity index (χ3v) is 2.99. The van der Waals surface area contributed by atoms with Crippen molar-refractivity contribution in [2.24, 2.45) is 0 Å². The SMILES string of the molecule is Nc1cc(F)cc(C(=O)c2ccc3[nH]c(=O)oc3c2)c1F. The first-order valence-electron chi connectivity index (χ1n) is 5.88. The molecule has 0 saturated heterocycles. The van der Waals surface area contributed by atoms with Crippen molar-refractivity contribution >= 4 is 22.6 Å². The lowest BCUT2D eigenvalue weighted by Crippen LogP contribution is -2.07. The number of nitrogens with two attached hydrogens (primary N) is 1. The average molecular weight is 290 g/mol. The molecule has 0 atom stereocenters. The maximum atomic E-state index is 13.8. The van der Waals surface area contributed by atoms with E-state index in [0.717, 1.165) is 12.1 Å². The summed E-state index contributed by atoms with van der Waals surface area (Å²) in [5.74, 6) is -3.23. The maximum Gasteiger partial charge on any atom is 0.417 e. The number of hydrogen-bond acceptors (Lipinski definition) is 4. The van der Waals surface area contributed by atoms with Crippen LogP contribution in [0.4, 0.5) is 14.5 Å². The van der Waals surface area contributed by atoms with Gasteiger partial charge in [-0.05, 0) is 30.3 Å². The summed E-state index contributed by atoms with van der Waals surface area (Å²) >= 11 is 0. The van der Waals surface area contributed by atoms with Gasteiger partial charge in [0, 0.05) is 5.56 Å². The highest BCUT2D eigenvalue weighted by Crippen LogP contribution is 2.22. The van der Waals surface area contributed by atoms with Gasteiger partial charge in [0.1, 0.15) is 5.82 Å². The van der Waals surface area contributed by atoms with Gasteiger partial charge in [0.05, 0.1) is 16.8 Å². The van der Waals surface area contributed by atoms with E-state index >= 15 is 0 Å². The molecule has 3 rings (SSSR count). The number of aromatic amines is 1. The summed E-state index contributed by atoms with van der Waals surface area (Å²) in [7, 11) is 0. The van der Waals surface area contributed by atoms with Crippen LogP contribution in [-0.2, 0) is 0 Å². The molecule has 0 amide bonds. The summed E-state index contributed by atoms with van der Waals surface area (Å²) in [5.41, 5.74) is 4.96. The highest BCUT2D eigenvalue weighted by atomic mass is 19.1. The molecule has 0 fully saturated rings. The minimum atomic E-state index is -0.989. The van der Waals surface area contributed by atoms with Gasteiger partial charge >= 0.3 is 5.76 Å². The van der Waals surface area contributed by atoms with E-state index in [-0.39, 0.29) is 11.1 Å². The van der Waals surface area contributed by atoms with Crippen molar-refractivity contribution < 1.29 is 18.0 Å². The van der Waals surface area contributed by atoms with Gasteiger partial charge in [-0.2, -0.15) is 0 Å². The molecule has 5 nitrogen and oxygen atoms in total. The predicted molar refractivity (Wildman–Crippen MR) is 71.0 cm³/mol. The monoisotopic (exact) mass is 290 g/mol. The fraction of sp³-hybridized carbons (Fsp3) is 0. The van der Waals surface area contributed by atoms with Crippen molar-refractivity contribution in [1.82, 2.24) is 4.98 Å². The first-order valence-corrected chi connectivity index (χ1v) is 5.88. The Labute approximate surface area is 116 Å². The lowest BCUT2D eigenvalue weighted by atomic mass is 10.0. The van der Waals surface area contributed by atoms with Gasteiger partial charge in [0.2, 0.25) is 0 Å². The van der Waals surface area contributed by atoms with E-state index < -0.39 is 34.4 Å². The first-order chi connectivity index (χ1) is 9.95. The molecule has 0 aliphatic rings. The average Bonchev–Trinajstić information content (AvgIpc) is 2.81. The standard InChI is InChI=1S/C14H8F2N2O3/c15-7-4-8(12(16)9(17)5-7)13(19)6-1-2-10-11(3-6)21-14(20)18-10/h1-5H,17H2,(H,18,20). The molecule has 0 radical (unpaired) electrons. The molecule has 0 unspecified atom stereocenters. The molecule has 0 saturated carbocycles. The topological polar surface area (TPSA) is 89.1 Å². The van der Waals surface area contributed by atoms with E-state index in [4.69, 9.17) is 10.2 Å². The number of carbonyl (C=O) groups is 1. The Morgan fingerprint density at radius 1 is 1.19 bits per heavy atom. The number of carbonyl (C=O) groups excluding carboxylic acids is 1. The second-order valence-corrected chi connectivity index (χ2v) is 4.41. The van der Waals surface area contributed by atoms with Crippen LogP contribution in [0.3, 0.4) is 0 Å². The highest BCUT2D eigenvalue weighted by Gasteiger charge is 2.18. The summed E-state index contributed by atoms with van der Waals surface area (Å²) in [6.45, 7) is 0. The summed E-state index contributed by atoms with van der Waals surface area (Å²) in [6, 6.07) is 5.65. The zero-order chi connectivity index (χ0) is 15.1. The molecule has 0 spiro atoms. The van der Waals surface area contributed by atoms with Crippen molar-refractivity contribution in [2.45, 2.75) is 0 Å². The molecular formula is C14H8F2N2O3. The van der Waals surface area contributed by atoms with Crippen molar-refractivity contribution in [3.8, 4) is 0 Å². The Kier molecular flexibility index (Phi) is 2.83. The number of rotatable bonds is 2. The summed E-state index contributed by atoms with van der Waals surface area (Å²) in [4.78, 5) is 25.7. The van der Waals surface area contributed by atoms with Crippen LogP contribution in [0.25, 0.3) is 11.1 Å². The van der Waals surface area contributed by atoms with Crippen LogP contribution in [0.5, 0.6) is 0 Å². The van der Waals surface area contributed by atoms with Crippen LogP contribution in [0.2, 0.25) is 0 Å². The molecule has 0 aliphatic carbocycles. The number of nitrogens with one attached hydrogen (secondary N) is 1. The molecule has 1 aromatic heterocycles. The molecule has 1 heterocycles. The largest absolute Gasteiger partial charge is 0.417 e. The third kappa shape index (κ3) is 2.18. The minimum Gasteiger partial charge on any atom is -0.408 e. The summed E-state index contributed by atoms with van der Waals surface area (Å²) in [5, 5.41) is 0. The van der Waals surface area contributed by atoms with Gasteiger partial charge in [-0.3, -0.25) is 9.78 Å². The zero-order valence-corrected chi connectivity index (χ0v) is 10.4. The number of oxazole rings is 1. The van der Waals surface area contributed by atoms with Crippen LogP contribution in [0.1, 0.15) is 15.9 Å². The van der Waals surface area contributed by atoms with E-state index in [1.807, 2.05) is 0 Å². The first kappa shape index (κ1) is 13.0. The lowest BCUT2D eigenvalue weighted by molar-refractivity contribution is 0.103. The van der Waals surface area contributed by atoms with E-state index in [9.17, 15) is 18.4 Å². The van der Waals surface area contributed by atoms with Crippen LogP contribution < -0.4 is 11.5 Å². The number of aromatic nitrogens is 1. The zero-order valence-electron chi connectivity index (χ0n) is 10.4. The molecule has 0 bridgehead atoms. The minimum absolute atomic E-state index is 0.0501. The normalized spacial score (nSPS) is 11.0. The van der Waals surface area contributed by atoms with Gasteiger partial charge in [0.25, 0.3) is 0 Å². The van der Waals surface area contributed by atoms with Gasteiger partial charge in [-0.1, -0.05) is 0 Å². The quantitative estimate of drug-likeness (QED) is 0.559. The van der Waals surface area contributed by atoms with Crippen LogP contribution in [0, 0.1) is 11.6 Å². The van der Waals surface area contributed by atoms with Crippen molar-refractivity contribution in [2.75, 3.05) is 5.73 Å². The molecule has 3 N–H and O–H groups in total. The van der Waals surface area contributed by atoms with E-state index in [0.29, 0.717) is 5.52 Å².